The number of nitrogens with one attached hydrogen (secondary N) is 1. The van der Waals surface area contributed by atoms with Gasteiger partial charge >= 0.3 is 0 Å². The Morgan fingerprint density at radius 2 is 2.14 bits per heavy atom. The van der Waals surface area contributed by atoms with Gasteiger partial charge in [-0.3, -0.25) is 14.0 Å². The molecule has 0 aliphatic heterocycles. The fourth-order valence-corrected chi connectivity index (χ4v) is 4.54. The summed E-state index contributed by atoms with van der Waals surface area (Å²) in [5, 5.41) is 7.69. The number of aryl methyl sites for hydroxylation is 1. The Hall–Kier alpha value is -2.57. The lowest BCUT2D eigenvalue weighted by Gasteiger charge is -2.35. The zero-order valence-electron chi connectivity index (χ0n) is 16.9. The Morgan fingerprint density at radius 3 is 2.89 bits per heavy atom. The van der Waals surface area contributed by atoms with E-state index >= 15 is 0 Å². The number of amides is 1. The minimum atomic E-state index is -0.623. The van der Waals surface area contributed by atoms with Crippen LogP contribution in [0.1, 0.15) is 58.3 Å². The molecule has 0 saturated heterocycles. The molecule has 3 heterocycles. The van der Waals surface area contributed by atoms with Crippen LogP contribution in [0.15, 0.2) is 27.6 Å². The molecule has 0 aromatic carbocycles. The van der Waals surface area contributed by atoms with Crippen molar-refractivity contribution in [2.24, 2.45) is 11.8 Å². The van der Waals surface area contributed by atoms with Crippen LogP contribution in [-0.4, -0.2) is 26.1 Å². The first-order valence-electron chi connectivity index (χ1n) is 10.2. The van der Waals surface area contributed by atoms with Crippen LogP contribution in [0.2, 0.25) is 0 Å². The summed E-state index contributed by atoms with van der Waals surface area (Å²) in [6.45, 7) is 8.19. The van der Waals surface area contributed by atoms with Crippen LogP contribution in [0.5, 0.6) is 0 Å². The van der Waals surface area contributed by atoms with E-state index in [4.69, 9.17) is 4.42 Å². The summed E-state index contributed by atoms with van der Waals surface area (Å²) in [5.74, 6) is 1.55. The molecule has 1 saturated carbocycles. The lowest BCUT2D eigenvalue weighted by atomic mass is 9.78. The third kappa shape index (κ3) is 2.93. The van der Waals surface area contributed by atoms with Crippen LogP contribution >= 0.6 is 0 Å². The van der Waals surface area contributed by atoms with Crippen molar-refractivity contribution in [1.29, 1.82) is 0 Å². The predicted octanol–water partition coefficient (Wildman–Crippen LogP) is 3.44. The predicted molar refractivity (Wildman–Crippen MR) is 107 cm³/mol. The van der Waals surface area contributed by atoms with E-state index < -0.39 is 6.04 Å². The molecular weight excluding hydrogens is 356 g/mol. The average molecular weight is 384 g/mol. The van der Waals surface area contributed by atoms with Crippen LogP contribution in [0.25, 0.3) is 16.6 Å². The smallest absolute Gasteiger partial charge is 0.291 e. The van der Waals surface area contributed by atoms with Gasteiger partial charge in [-0.1, -0.05) is 33.6 Å². The maximum atomic E-state index is 13.1. The van der Waals surface area contributed by atoms with Gasteiger partial charge in [0.05, 0.1) is 11.8 Å². The number of fused-ring (bicyclic) bond motifs is 3. The van der Waals surface area contributed by atoms with Crippen molar-refractivity contribution < 1.29 is 9.21 Å². The first kappa shape index (κ1) is 18.8. The Kier molecular flexibility index (Phi) is 4.77. The molecule has 7 heteroatoms. The highest BCUT2D eigenvalue weighted by Gasteiger charge is 2.31. The molecule has 3 aromatic heterocycles. The van der Waals surface area contributed by atoms with Crippen LogP contribution in [0.3, 0.4) is 0 Å². The number of nitrogens with zero attached hydrogens (tertiary/aromatic N) is 3. The fourth-order valence-electron chi connectivity index (χ4n) is 4.54. The van der Waals surface area contributed by atoms with Gasteiger partial charge in [-0.05, 0) is 31.6 Å². The number of furan rings is 1. The number of hydrogen-bond acceptors (Lipinski definition) is 4. The fraction of sp³-hybridized carbons (Fsp3) is 0.571. The molecule has 4 rings (SSSR count). The number of rotatable bonds is 4. The Morgan fingerprint density at radius 1 is 1.36 bits per heavy atom. The van der Waals surface area contributed by atoms with Gasteiger partial charge in [-0.25, -0.2) is 4.68 Å². The van der Waals surface area contributed by atoms with E-state index in [0.29, 0.717) is 35.2 Å². The summed E-state index contributed by atoms with van der Waals surface area (Å²) in [7, 11) is 0. The maximum absolute atomic E-state index is 13.1. The Balaban J connectivity index is 1.69. The molecule has 1 amide bonds. The lowest BCUT2D eigenvalue weighted by molar-refractivity contribution is -0.126. The minimum Gasteiger partial charge on any atom is -0.463 e. The number of carbonyl (C=O) groups is 1. The van der Waals surface area contributed by atoms with Gasteiger partial charge in [0.1, 0.15) is 17.4 Å². The number of hydrogen-bond donors (Lipinski definition) is 1. The largest absolute Gasteiger partial charge is 0.463 e. The van der Waals surface area contributed by atoms with Crippen molar-refractivity contribution in [3.05, 3.63) is 34.6 Å². The van der Waals surface area contributed by atoms with Gasteiger partial charge in [0.25, 0.3) is 5.56 Å². The lowest BCUT2D eigenvalue weighted by Crippen LogP contribution is -2.48. The van der Waals surface area contributed by atoms with E-state index in [0.717, 1.165) is 18.4 Å². The molecule has 3 aromatic rings. The SMILES string of the molecule is CCC(C(=O)NC1CCCC(C)C1C)n1nc(C)n2c(cc3occc32)c1=O. The first-order valence-corrected chi connectivity index (χ1v) is 10.2. The normalized spacial score (nSPS) is 23.9. The first-order chi connectivity index (χ1) is 13.4. The zero-order valence-corrected chi connectivity index (χ0v) is 16.9. The van der Waals surface area contributed by atoms with Crippen molar-refractivity contribution in [3.8, 4) is 0 Å². The monoisotopic (exact) mass is 384 g/mol. The summed E-state index contributed by atoms with van der Waals surface area (Å²) in [6, 6.07) is 3.07. The highest BCUT2D eigenvalue weighted by Crippen LogP contribution is 2.30. The topological polar surface area (TPSA) is 81.5 Å². The van der Waals surface area contributed by atoms with E-state index in [1.807, 2.05) is 19.9 Å². The van der Waals surface area contributed by atoms with Crippen molar-refractivity contribution in [1.82, 2.24) is 19.5 Å². The van der Waals surface area contributed by atoms with E-state index in [9.17, 15) is 9.59 Å². The molecule has 4 unspecified atom stereocenters. The molecule has 4 atom stereocenters. The van der Waals surface area contributed by atoms with Crippen molar-refractivity contribution in [2.45, 2.75) is 65.5 Å². The van der Waals surface area contributed by atoms with Gasteiger partial charge in [0, 0.05) is 18.2 Å². The molecule has 0 radical (unpaired) electrons. The van der Waals surface area contributed by atoms with Crippen LogP contribution in [0.4, 0.5) is 0 Å². The summed E-state index contributed by atoms with van der Waals surface area (Å²) in [5.41, 5.74) is 1.66. The van der Waals surface area contributed by atoms with Gasteiger partial charge in [0.2, 0.25) is 5.91 Å². The average Bonchev–Trinajstić information content (AvgIpc) is 3.25. The quantitative estimate of drug-likeness (QED) is 0.747. The summed E-state index contributed by atoms with van der Waals surface area (Å²) >= 11 is 0. The summed E-state index contributed by atoms with van der Waals surface area (Å²) in [6.07, 6.45) is 5.42. The molecular formula is C21H28N4O3. The van der Waals surface area contributed by atoms with Gasteiger partial charge < -0.3 is 9.73 Å². The Labute approximate surface area is 163 Å². The molecule has 1 fully saturated rings. The highest BCUT2D eigenvalue weighted by atomic mass is 16.3. The molecule has 0 bridgehead atoms. The van der Waals surface area contributed by atoms with Crippen molar-refractivity contribution in [2.75, 3.05) is 0 Å². The van der Waals surface area contributed by atoms with Crippen molar-refractivity contribution in [3.63, 3.8) is 0 Å². The molecule has 28 heavy (non-hydrogen) atoms. The molecule has 1 aliphatic rings. The molecule has 1 aliphatic carbocycles. The van der Waals surface area contributed by atoms with Gasteiger partial charge in [-0.2, -0.15) is 5.10 Å². The second kappa shape index (κ2) is 7.11. The second-order valence-corrected chi connectivity index (χ2v) is 8.14. The third-order valence-electron chi connectivity index (χ3n) is 6.45. The van der Waals surface area contributed by atoms with E-state index in [1.54, 1.807) is 16.7 Å². The third-order valence-corrected chi connectivity index (χ3v) is 6.45. The van der Waals surface area contributed by atoms with Gasteiger partial charge in [-0.15, -0.1) is 0 Å². The van der Waals surface area contributed by atoms with E-state index in [-0.39, 0.29) is 17.5 Å². The summed E-state index contributed by atoms with van der Waals surface area (Å²) in [4.78, 5) is 26.2. The number of carbonyl (C=O) groups excluding carboxylic acids is 1. The molecule has 7 nitrogen and oxygen atoms in total. The molecule has 0 spiro atoms. The van der Waals surface area contributed by atoms with Crippen LogP contribution < -0.4 is 10.9 Å². The van der Waals surface area contributed by atoms with E-state index in [2.05, 4.69) is 24.3 Å². The zero-order chi connectivity index (χ0) is 20.0. The second-order valence-electron chi connectivity index (χ2n) is 8.14. The number of aromatic nitrogens is 3. The molecule has 1 N–H and O–H groups in total. The van der Waals surface area contributed by atoms with Crippen LogP contribution in [-0.2, 0) is 4.79 Å². The maximum Gasteiger partial charge on any atom is 0.291 e. The van der Waals surface area contributed by atoms with Crippen molar-refractivity contribution >= 4 is 22.5 Å². The highest BCUT2D eigenvalue weighted by molar-refractivity contribution is 5.83. The minimum absolute atomic E-state index is 0.123. The van der Waals surface area contributed by atoms with E-state index in [1.165, 1.54) is 11.1 Å². The summed E-state index contributed by atoms with van der Waals surface area (Å²) < 4.78 is 8.56. The standard InChI is InChI=1S/C21H28N4O3/c1-5-16(20(26)22-15-8-6-7-12(2)13(15)3)25-21(27)18-11-19-17(9-10-28-19)24(18)14(4)23-25/h9-13,15-16H,5-8H2,1-4H3,(H,22,26). The molecule has 150 valence electrons. The van der Waals surface area contributed by atoms with Gasteiger partial charge in [0.15, 0.2) is 5.58 Å². The Bertz CT molecular complexity index is 1080. The van der Waals surface area contributed by atoms with Crippen LogP contribution in [0, 0.1) is 18.8 Å².